The normalized spacial score (nSPS) is 17.3. The largest absolute Gasteiger partial charge is 0.485 e. The monoisotopic (exact) mass is 315 g/mol. The number of aromatic nitrogens is 2. The first-order valence-corrected chi connectivity index (χ1v) is 7.92. The van der Waals surface area contributed by atoms with Gasteiger partial charge in [-0.3, -0.25) is 9.36 Å². The molecule has 0 unspecified atom stereocenters. The molecule has 2 aromatic rings. The lowest BCUT2D eigenvalue weighted by Crippen LogP contribution is -2.26. The van der Waals surface area contributed by atoms with Crippen LogP contribution in [0.25, 0.3) is 0 Å². The highest BCUT2D eigenvalue weighted by Gasteiger charge is 2.25. The molecule has 0 bridgehead atoms. The summed E-state index contributed by atoms with van der Waals surface area (Å²) in [4.78, 5) is 18.9. The molecule has 4 rings (SSSR count). The molecule has 6 heteroatoms. The quantitative estimate of drug-likeness (QED) is 0.871. The molecule has 0 spiro atoms. The second-order valence-corrected chi connectivity index (χ2v) is 6.17. The third-order valence-electron chi connectivity index (χ3n) is 4.34. The van der Waals surface area contributed by atoms with Gasteiger partial charge in [0.1, 0.15) is 18.1 Å². The van der Waals surface area contributed by atoms with Crippen molar-refractivity contribution in [3.8, 4) is 5.75 Å². The second-order valence-electron chi connectivity index (χ2n) is 6.17. The fourth-order valence-corrected chi connectivity index (χ4v) is 2.88. The third kappa shape index (κ3) is 2.93. The molecule has 1 aliphatic carbocycles. The summed E-state index contributed by atoms with van der Waals surface area (Å²) in [6, 6.07) is 6.43. The SMILES string of the molecule is O=c1c2c(ncn1CC1CC1)CN(c1cccc(F)c1)CCO2. The number of hydrogen-bond acceptors (Lipinski definition) is 4. The molecule has 2 aliphatic rings. The lowest BCUT2D eigenvalue weighted by Gasteiger charge is -2.21. The predicted molar refractivity (Wildman–Crippen MR) is 84.2 cm³/mol. The molecule has 0 N–H and O–H groups in total. The van der Waals surface area contributed by atoms with Gasteiger partial charge in [0.25, 0.3) is 5.56 Å². The van der Waals surface area contributed by atoms with E-state index in [1.54, 1.807) is 17.0 Å². The molecule has 23 heavy (non-hydrogen) atoms. The van der Waals surface area contributed by atoms with Gasteiger partial charge >= 0.3 is 0 Å². The molecule has 2 heterocycles. The molecule has 0 amide bonds. The Hall–Kier alpha value is -2.37. The fourth-order valence-electron chi connectivity index (χ4n) is 2.88. The summed E-state index contributed by atoms with van der Waals surface area (Å²) in [5, 5.41) is 0. The Labute approximate surface area is 133 Å². The van der Waals surface area contributed by atoms with Crippen molar-refractivity contribution >= 4 is 5.69 Å². The van der Waals surface area contributed by atoms with Crippen molar-refractivity contribution in [2.24, 2.45) is 5.92 Å². The van der Waals surface area contributed by atoms with Crippen LogP contribution >= 0.6 is 0 Å². The van der Waals surface area contributed by atoms with Crippen LogP contribution in [0.3, 0.4) is 0 Å². The van der Waals surface area contributed by atoms with Crippen LogP contribution in [-0.2, 0) is 13.1 Å². The molecule has 0 radical (unpaired) electrons. The summed E-state index contributed by atoms with van der Waals surface area (Å²) >= 11 is 0. The van der Waals surface area contributed by atoms with E-state index in [2.05, 4.69) is 4.98 Å². The first kappa shape index (κ1) is 14.2. The molecule has 1 aliphatic heterocycles. The third-order valence-corrected chi connectivity index (χ3v) is 4.34. The number of halogens is 1. The minimum atomic E-state index is -0.277. The van der Waals surface area contributed by atoms with Crippen molar-refractivity contribution in [2.75, 3.05) is 18.1 Å². The zero-order valence-corrected chi connectivity index (χ0v) is 12.7. The van der Waals surface area contributed by atoms with Gasteiger partial charge in [-0.25, -0.2) is 9.37 Å². The van der Waals surface area contributed by atoms with Crippen LogP contribution in [0.1, 0.15) is 18.5 Å². The molecular weight excluding hydrogens is 297 g/mol. The number of benzene rings is 1. The standard InChI is InChI=1S/C17H18FN3O2/c18-13-2-1-3-14(8-13)20-6-7-23-16-15(10-20)19-11-21(17(16)22)9-12-4-5-12/h1-3,8,11-12H,4-7,9-10H2. The van der Waals surface area contributed by atoms with Crippen LogP contribution in [0.15, 0.2) is 35.4 Å². The van der Waals surface area contributed by atoms with E-state index in [0.717, 1.165) is 12.2 Å². The first-order valence-electron chi connectivity index (χ1n) is 7.92. The van der Waals surface area contributed by atoms with E-state index in [0.29, 0.717) is 37.1 Å². The van der Waals surface area contributed by atoms with Crippen molar-refractivity contribution in [3.05, 3.63) is 52.5 Å². The maximum Gasteiger partial charge on any atom is 0.296 e. The Balaban J connectivity index is 1.64. The van der Waals surface area contributed by atoms with Crippen molar-refractivity contribution in [3.63, 3.8) is 0 Å². The van der Waals surface area contributed by atoms with Gasteiger partial charge in [-0.1, -0.05) is 6.07 Å². The molecular formula is C17H18FN3O2. The van der Waals surface area contributed by atoms with E-state index < -0.39 is 0 Å². The predicted octanol–water partition coefficient (Wildman–Crippen LogP) is 2.19. The summed E-state index contributed by atoms with van der Waals surface area (Å²) in [5.74, 6) is 0.662. The summed E-state index contributed by atoms with van der Waals surface area (Å²) in [6.45, 7) is 2.13. The Kier molecular flexibility index (Phi) is 3.52. The smallest absolute Gasteiger partial charge is 0.296 e. The second kappa shape index (κ2) is 5.68. The van der Waals surface area contributed by atoms with Crippen molar-refractivity contribution in [2.45, 2.75) is 25.9 Å². The molecule has 1 saturated carbocycles. The Bertz CT molecular complexity index is 786. The van der Waals surface area contributed by atoms with Crippen LogP contribution in [-0.4, -0.2) is 22.7 Å². The van der Waals surface area contributed by atoms with E-state index in [4.69, 9.17) is 4.74 Å². The average Bonchev–Trinajstić information content (AvgIpc) is 3.36. The topological polar surface area (TPSA) is 47.4 Å². The Morgan fingerprint density at radius 2 is 2.22 bits per heavy atom. The zero-order chi connectivity index (χ0) is 15.8. The fraction of sp³-hybridized carbons (Fsp3) is 0.412. The number of rotatable bonds is 3. The van der Waals surface area contributed by atoms with Gasteiger partial charge in [0.15, 0.2) is 0 Å². The number of ether oxygens (including phenoxy) is 1. The Morgan fingerprint density at radius 3 is 3.00 bits per heavy atom. The van der Waals surface area contributed by atoms with E-state index in [9.17, 15) is 9.18 Å². The van der Waals surface area contributed by atoms with E-state index in [1.165, 1.54) is 25.0 Å². The van der Waals surface area contributed by atoms with Crippen LogP contribution in [0, 0.1) is 11.7 Å². The van der Waals surface area contributed by atoms with Crippen molar-refractivity contribution in [1.82, 2.24) is 9.55 Å². The van der Waals surface area contributed by atoms with E-state index in [-0.39, 0.29) is 11.4 Å². The van der Waals surface area contributed by atoms with Gasteiger partial charge in [-0.05, 0) is 37.0 Å². The maximum atomic E-state index is 13.4. The minimum absolute atomic E-state index is 0.108. The minimum Gasteiger partial charge on any atom is -0.485 e. The molecule has 1 fully saturated rings. The first-order chi connectivity index (χ1) is 11.2. The average molecular weight is 315 g/mol. The number of nitrogens with zero attached hydrogens (tertiary/aromatic N) is 3. The summed E-state index contributed by atoms with van der Waals surface area (Å²) in [6.07, 6.45) is 3.97. The van der Waals surface area contributed by atoms with Gasteiger partial charge in [0.05, 0.1) is 19.4 Å². The van der Waals surface area contributed by atoms with Gasteiger partial charge in [0, 0.05) is 12.2 Å². The van der Waals surface area contributed by atoms with E-state index in [1.807, 2.05) is 11.0 Å². The molecule has 5 nitrogen and oxygen atoms in total. The van der Waals surface area contributed by atoms with Crippen LogP contribution in [0.2, 0.25) is 0 Å². The lowest BCUT2D eigenvalue weighted by atomic mass is 10.2. The van der Waals surface area contributed by atoms with Gasteiger partial charge in [-0.2, -0.15) is 0 Å². The summed E-state index contributed by atoms with van der Waals surface area (Å²) in [7, 11) is 0. The maximum absolute atomic E-state index is 13.4. The molecule has 1 aromatic carbocycles. The highest BCUT2D eigenvalue weighted by molar-refractivity contribution is 5.48. The molecule has 120 valence electrons. The van der Waals surface area contributed by atoms with Gasteiger partial charge < -0.3 is 9.64 Å². The summed E-state index contributed by atoms with van der Waals surface area (Å²) in [5.41, 5.74) is 1.28. The molecule has 0 atom stereocenters. The molecule has 1 aromatic heterocycles. The van der Waals surface area contributed by atoms with Gasteiger partial charge in [-0.15, -0.1) is 0 Å². The van der Waals surface area contributed by atoms with E-state index >= 15 is 0 Å². The zero-order valence-electron chi connectivity index (χ0n) is 12.7. The highest BCUT2D eigenvalue weighted by Crippen LogP contribution is 2.30. The summed E-state index contributed by atoms with van der Waals surface area (Å²) < 4.78 is 20.8. The number of hydrogen-bond donors (Lipinski definition) is 0. The van der Waals surface area contributed by atoms with Crippen LogP contribution < -0.4 is 15.2 Å². The van der Waals surface area contributed by atoms with Gasteiger partial charge in [0.2, 0.25) is 5.75 Å². The Morgan fingerprint density at radius 1 is 1.35 bits per heavy atom. The number of fused-ring (bicyclic) bond motifs is 1. The highest BCUT2D eigenvalue weighted by atomic mass is 19.1. The van der Waals surface area contributed by atoms with Crippen LogP contribution in [0.5, 0.6) is 5.75 Å². The van der Waals surface area contributed by atoms with Crippen molar-refractivity contribution < 1.29 is 9.13 Å². The van der Waals surface area contributed by atoms with Crippen molar-refractivity contribution in [1.29, 1.82) is 0 Å². The van der Waals surface area contributed by atoms with Crippen LogP contribution in [0.4, 0.5) is 10.1 Å². The molecule has 0 saturated heterocycles. The lowest BCUT2D eigenvalue weighted by molar-refractivity contribution is 0.321. The number of anilines is 1.